The van der Waals surface area contributed by atoms with E-state index in [0.29, 0.717) is 12.3 Å². The minimum absolute atomic E-state index is 0.0806. The number of piperidine rings is 1. The predicted octanol–water partition coefficient (Wildman–Crippen LogP) is 4.00. The summed E-state index contributed by atoms with van der Waals surface area (Å²) >= 11 is 0. The Morgan fingerprint density at radius 3 is 2.20 bits per heavy atom. The first-order valence-electron chi connectivity index (χ1n) is 7.64. The molecule has 0 radical (unpaired) electrons. The zero-order chi connectivity index (χ0) is 14.8. The quantitative estimate of drug-likeness (QED) is 0.797. The highest BCUT2D eigenvalue weighted by Gasteiger charge is 2.33. The molecule has 0 unspecified atom stereocenters. The van der Waals surface area contributed by atoms with Gasteiger partial charge in [0.25, 0.3) is 0 Å². The Morgan fingerprint density at radius 1 is 1.15 bits per heavy atom. The molecule has 0 saturated carbocycles. The van der Waals surface area contributed by atoms with Crippen LogP contribution >= 0.6 is 0 Å². The van der Waals surface area contributed by atoms with Gasteiger partial charge in [-0.2, -0.15) is 0 Å². The summed E-state index contributed by atoms with van der Waals surface area (Å²) in [5.74, 6) is 0.313. The van der Waals surface area contributed by atoms with Crippen LogP contribution in [0.1, 0.15) is 52.5 Å². The van der Waals surface area contributed by atoms with Crippen molar-refractivity contribution in [2.75, 3.05) is 13.1 Å². The summed E-state index contributed by atoms with van der Waals surface area (Å²) in [6.07, 6.45) is 2.77. The molecule has 20 heavy (non-hydrogen) atoms. The van der Waals surface area contributed by atoms with Crippen molar-refractivity contribution in [2.45, 2.75) is 52.4 Å². The van der Waals surface area contributed by atoms with Crippen LogP contribution < -0.4 is 0 Å². The summed E-state index contributed by atoms with van der Waals surface area (Å²) in [4.78, 5) is 14.3. The van der Waals surface area contributed by atoms with Crippen molar-refractivity contribution in [3.8, 4) is 0 Å². The van der Waals surface area contributed by atoms with Gasteiger partial charge in [0.2, 0.25) is 5.91 Å². The number of carbonyl (C=O) groups excluding carboxylic acids is 1. The van der Waals surface area contributed by atoms with Crippen LogP contribution in [0.2, 0.25) is 0 Å². The molecule has 0 spiro atoms. The number of carbonyl (C=O) groups is 1. The fraction of sp³-hybridized carbons (Fsp3) is 0.611. The molecule has 1 aliphatic heterocycles. The maximum atomic E-state index is 12.3. The number of hydrogen-bond acceptors (Lipinski definition) is 1. The zero-order valence-corrected chi connectivity index (χ0v) is 13.3. The molecule has 1 fully saturated rings. The van der Waals surface area contributed by atoms with Crippen LogP contribution in [0.4, 0.5) is 0 Å². The monoisotopic (exact) mass is 273 g/mol. The fourth-order valence-electron chi connectivity index (χ4n) is 2.94. The first kappa shape index (κ1) is 15.1. The molecular weight excluding hydrogens is 246 g/mol. The van der Waals surface area contributed by atoms with Crippen LogP contribution in [0.3, 0.4) is 0 Å². The van der Waals surface area contributed by atoms with Crippen LogP contribution in [0.25, 0.3) is 0 Å². The fourth-order valence-corrected chi connectivity index (χ4v) is 2.94. The van der Waals surface area contributed by atoms with Crippen LogP contribution in [-0.2, 0) is 10.2 Å². The summed E-state index contributed by atoms with van der Waals surface area (Å²) in [5, 5.41) is 0. The van der Waals surface area contributed by atoms with Crippen LogP contribution in [0, 0.1) is 5.41 Å². The Labute approximate surface area is 123 Å². The maximum Gasteiger partial charge on any atom is 0.223 e. The second kappa shape index (κ2) is 5.59. The third-order valence-corrected chi connectivity index (χ3v) is 4.37. The molecule has 1 saturated heterocycles. The molecule has 1 heterocycles. The van der Waals surface area contributed by atoms with Gasteiger partial charge in [0.1, 0.15) is 0 Å². The number of rotatable bonds is 2. The van der Waals surface area contributed by atoms with E-state index in [1.54, 1.807) is 0 Å². The van der Waals surface area contributed by atoms with Gasteiger partial charge in [-0.05, 0) is 29.2 Å². The van der Waals surface area contributed by atoms with Crippen molar-refractivity contribution in [3.63, 3.8) is 0 Å². The van der Waals surface area contributed by atoms with Gasteiger partial charge < -0.3 is 4.90 Å². The van der Waals surface area contributed by atoms with Crippen LogP contribution in [0.15, 0.2) is 30.3 Å². The van der Waals surface area contributed by atoms with Gasteiger partial charge in [-0.1, -0.05) is 58.0 Å². The Hall–Kier alpha value is -1.31. The van der Waals surface area contributed by atoms with Gasteiger partial charge >= 0.3 is 0 Å². The lowest BCUT2D eigenvalue weighted by molar-refractivity contribution is -0.134. The van der Waals surface area contributed by atoms with Crippen molar-refractivity contribution in [2.24, 2.45) is 5.41 Å². The lowest BCUT2D eigenvalue weighted by Gasteiger charge is -2.40. The molecule has 1 aromatic rings. The summed E-state index contributed by atoms with van der Waals surface area (Å²) in [7, 11) is 0. The smallest absolute Gasteiger partial charge is 0.223 e. The van der Waals surface area contributed by atoms with Gasteiger partial charge in [-0.25, -0.2) is 0 Å². The highest BCUT2D eigenvalue weighted by molar-refractivity contribution is 5.77. The number of hydrogen-bond donors (Lipinski definition) is 0. The number of likely N-dealkylation sites (tertiary alicyclic amines) is 1. The SMILES string of the molecule is CC(C)(C)CC(=O)N1CCC(C)(c2ccccc2)CC1. The van der Waals surface area contributed by atoms with Gasteiger partial charge in [0.05, 0.1) is 0 Å². The molecule has 1 aromatic carbocycles. The second-order valence-corrected chi connectivity index (χ2v) is 7.54. The maximum absolute atomic E-state index is 12.3. The number of benzene rings is 1. The predicted molar refractivity (Wildman–Crippen MR) is 83.7 cm³/mol. The molecule has 1 aliphatic rings. The summed E-state index contributed by atoms with van der Waals surface area (Å²) in [5.41, 5.74) is 1.71. The average molecular weight is 273 g/mol. The lowest BCUT2D eigenvalue weighted by Crippen LogP contribution is -2.44. The van der Waals surface area contributed by atoms with Crippen molar-refractivity contribution in [1.82, 2.24) is 4.90 Å². The first-order valence-corrected chi connectivity index (χ1v) is 7.64. The zero-order valence-electron chi connectivity index (χ0n) is 13.3. The molecule has 0 aromatic heterocycles. The van der Waals surface area contributed by atoms with Crippen molar-refractivity contribution >= 4 is 5.91 Å². The van der Waals surface area contributed by atoms with Gasteiger partial charge in [0, 0.05) is 19.5 Å². The Bertz CT molecular complexity index is 450. The van der Waals surface area contributed by atoms with E-state index < -0.39 is 0 Å². The molecule has 1 amide bonds. The van der Waals surface area contributed by atoms with Crippen molar-refractivity contribution in [3.05, 3.63) is 35.9 Å². The number of amides is 1. The largest absolute Gasteiger partial charge is 0.343 e. The highest BCUT2D eigenvalue weighted by Crippen LogP contribution is 2.35. The van der Waals surface area contributed by atoms with E-state index >= 15 is 0 Å². The first-order chi connectivity index (χ1) is 9.30. The van der Waals surface area contributed by atoms with E-state index in [0.717, 1.165) is 25.9 Å². The standard InChI is InChI=1S/C18H27NO/c1-17(2,3)14-16(20)19-12-10-18(4,11-13-19)15-8-6-5-7-9-15/h5-9H,10-14H2,1-4H3. The van der Waals surface area contributed by atoms with E-state index in [2.05, 4.69) is 62.9 Å². The molecule has 2 heteroatoms. The van der Waals surface area contributed by atoms with Gasteiger partial charge in [-0.15, -0.1) is 0 Å². The molecule has 2 rings (SSSR count). The molecule has 110 valence electrons. The van der Waals surface area contributed by atoms with Crippen LogP contribution in [0.5, 0.6) is 0 Å². The van der Waals surface area contributed by atoms with Gasteiger partial charge in [-0.3, -0.25) is 4.79 Å². The van der Waals surface area contributed by atoms with E-state index in [1.165, 1.54) is 5.56 Å². The lowest BCUT2D eigenvalue weighted by atomic mass is 9.74. The molecule has 0 bridgehead atoms. The van der Waals surface area contributed by atoms with Crippen molar-refractivity contribution in [1.29, 1.82) is 0 Å². The van der Waals surface area contributed by atoms with Crippen LogP contribution in [-0.4, -0.2) is 23.9 Å². The number of nitrogens with zero attached hydrogens (tertiary/aromatic N) is 1. The highest BCUT2D eigenvalue weighted by atomic mass is 16.2. The second-order valence-electron chi connectivity index (χ2n) is 7.54. The molecule has 0 N–H and O–H groups in total. The van der Waals surface area contributed by atoms with Gasteiger partial charge in [0.15, 0.2) is 0 Å². The molecule has 0 atom stereocenters. The third-order valence-electron chi connectivity index (χ3n) is 4.37. The topological polar surface area (TPSA) is 20.3 Å². The van der Waals surface area contributed by atoms with E-state index in [4.69, 9.17) is 0 Å². The summed E-state index contributed by atoms with van der Waals surface area (Å²) in [6.45, 7) is 10.5. The average Bonchev–Trinajstić information content (AvgIpc) is 2.38. The minimum Gasteiger partial charge on any atom is -0.343 e. The third kappa shape index (κ3) is 3.62. The van der Waals surface area contributed by atoms with Crippen molar-refractivity contribution < 1.29 is 4.79 Å². The Morgan fingerprint density at radius 2 is 1.70 bits per heavy atom. The molecular formula is C18H27NO. The molecule has 0 aliphatic carbocycles. The Balaban J connectivity index is 1.97. The summed E-state index contributed by atoms with van der Waals surface area (Å²) in [6, 6.07) is 10.7. The van der Waals surface area contributed by atoms with E-state index in [1.807, 2.05) is 0 Å². The van der Waals surface area contributed by atoms with E-state index in [9.17, 15) is 4.79 Å². The van der Waals surface area contributed by atoms with E-state index in [-0.39, 0.29) is 10.8 Å². The summed E-state index contributed by atoms with van der Waals surface area (Å²) < 4.78 is 0. The molecule has 2 nitrogen and oxygen atoms in total. The normalized spacial score (nSPS) is 18.9. The Kier molecular flexibility index (Phi) is 4.22. The minimum atomic E-state index is 0.0806.